The van der Waals surface area contributed by atoms with Gasteiger partial charge in [-0.25, -0.2) is 9.07 Å². The fraction of sp³-hybridized carbons (Fsp3) is 0.0588. The first-order valence-electron chi connectivity index (χ1n) is 7.68. The van der Waals surface area contributed by atoms with E-state index in [0.717, 1.165) is 5.56 Å². The van der Waals surface area contributed by atoms with Crippen LogP contribution in [0, 0.1) is 12.7 Å². The zero-order chi connectivity index (χ0) is 18.3. The summed E-state index contributed by atoms with van der Waals surface area (Å²) in [5, 5.41) is 27.2. The van der Waals surface area contributed by atoms with Gasteiger partial charge in [0.2, 0.25) is 0 Å². The summed E-state index contributed by atoms with van der Waals surface area (Å²) in [5.41, 5.74) is 1.84. The van der Waals surface area contributed by atoms with Crippen molar-refractivity contribution in [3.05, 3.63) is 59.7 Å². The van der Waals surface area contributed by atoms with Crippen LogP contribution in [0.15, 0.2) is 42.6 Å². The molecule has 3 N–H and O–H groups in total. The molecule has 0 aliphatic carbocycles. The van der Waals surface area contributed by atoms with Crippen molar-refractivity contribution in [2.45, 2.75) is 6.92 Å². The summed E-state index contributed by atoms with van der Waals surface area (Å²) in [7, 11) is 0. The molecule has 0 radical (unpaired) electrons. The number of anilines is 1. The molecule has 0 unspecified atom stereocenters. The lowest BCUT2D eigenvalue weighted by atomic mass is 10.2. The number of phenols is 1. The summed E-state index contributed by atoms with van der Waals surface area (Å²) < 4.78 is 14.9. The van der Waals surface area contributed by atoms with Crippen LogP contribution in [-0.4, -0.2) is 36.2 Å². The number of hydrogen-bond donors (Lipinski definition) is 3. The number of aryl methyl sites for hydroxylation is 1. The molecule has 0 spiro atoms. The molecule has 8 nitrogen and oxygen atoms in total. The summed E-state index contributed by atoms with van der Waals surface area (Å²) in [6, 6.07) is 9.06. The molecule has 0 fully saturated rings. The standard InChI is InChI=1S/C17H13FN6O2/c1-9-4-10(18)6-11(5-9)24-8-15(21-23-24)17(26)19-16-13-3-2-12(25)7-14(13)20-22-16/h2-8,25H,1H3,(H2,19,20,22,26). The summed E-state index contributed by atoms with van der Waals surface area (Å²) in [4.78, 5) is 12.4. The van der Waals surface area contributed by atoms with Gasteiger partial charge in [-0.3, -0.25) is 9.89 Å². The van der Waals surface area contributed by atoms with E-state index in [9.17, 15) is 14.3 Å². The van der Waals surface area contributed by atoms with Crippen LogP contribution in [-0.2, 0) is 0 Å². The number of halogens is 1. The number of amides is 1. The summed E-state index contributed by atoms with van der Waals surface area (Å²) in [6.45, 7) is 1.76. The maximum atomic E-state index is 13.5. The predicted molar refractivity (Wildman–Crippen MR) is 91.8 cm³/mol. The average Bonchev–Trinajstić information content (AvgIpc) is 3.21. The Hall–Kier alpha value is -3.75. The van der Waals surface area contributed by atoms with Gasteiger partial charge in [0.15, 0.2) is 11.5 Å². The molecular formula is C17H13FN6O2. The highest BCUT2D eigenvalue weighted by molar-refractivity contribution is 6.06. The Morgan fingerprint density at radius 2 is 2.12 bits per heavy atom. The van der Waals surface area contributed by atoms with Crippen molar-refractivity contribution in [3.63, 3.8) is 0 Å². The van der Waals surface area contributed by atoms with E-state index in [1.165, 1.54) is 35.1 Å². The number of nitrogens with zero attached hydrogens (tertiary/aromatic N) is 4. The van der Waals surface area contributed by atoms with Gasteiger partial charge in [-0.15, -0.1) is 5.10 Å². The average molecular weight is 352 g/mol. The van der Waals surface area contributed by atoms with Crippen LogP contribution in [0.4, 0.5) is 10.2 Å². The molecule has 0 aliphatic rings. The minimum atomic E-state index is -0.508. The van der Waals surface area contributed by atoms with Crippen LogP contribution < -0.4 is 5.32 Å². The second-order valence-electron chi connectivity index (χ2n) is 5.79. The monoisotopic (exact) mass is 352 g/mol. The summed E-state index contributed by atoms with van der Waals surface area (Å²) in [5.74, 6) is -0.507. The van der Waals surface area contributed by atoms with E-state index in [4.69, 9.17) is 0 Å². The molecule has 2 aromatic carbocycles. The molecule has 2 heterocycles. The minimum Gasteiger partial charge on any atom is -0.508 e. The van der Waals surface area contributed by atoms with E-state index >= 15 is 0 Å². The van der Waals surface area contributed by atoms with Crippen molar-refractivity contribution < 1.29 is 14.3 Å². The number of nitrogens with one attached hydrogen (secondary N) is 2. The van der Waals surface area contributed by atoms with E-state index in [2.05, 4.69) is 25.8 Å². The molecule has 0 saturated heterocycles. The van der Waals surface area contributed by atoms with Gasteiger partial charge >= 0.3 is 0 Å². The molecule has 0 aliphatic heterocycles. The Morgan fingerprint density at radius 1 is 1.27 bits per heavy atom. The van der Waals surface area contributed by atoms with Crippen LogP contribution in [0.3, 0.4) is 0 Å². The maximum Gasteiger partial charge on any atom is 0.279 e. The van der Waals surface area contributed by atoms with Crippen molar-refractivity contribution in [1.82, 2.24) is 25.2 Å². The number of aromatic nitrogens is 5. The number of carbonyl (C=O) groups is 1. The molecule has 4 aromatic rings. The van der Waals surface area contributed by atoms with Crippen LogP contribution in [0.2, 0.25) is 0 Å². The smallest absolute Gasteiger partial charge is 0.279 e. The fourth-order valence-corrected chi connectivity index (χ4v) is 2.62. The summed E-state index contributed by atoms with van der Waals surface area (Å²) >= 11 is 0. The number of benzene rings is 2. The van der Waals surface area contributed by atoms with E-state index in [1.54, 1.807) is 19.1 Å². The van der Waals surface area contributed by atoms with E-state index in [0.29, 0.717) is 22.4 Å². The highest BCUT2D eigenvalue weighted by Crippen LogP contribution is 2.24. The van der Waals surface area contributed by atoms with Gasteiger partial charge in [-0.2, -0.15) is 5.10 Å². The quantitative estimate of drug-likeness (QED) is 0.525. The van der Waals surface area contributed by atoms with E-state index in [-0.39, 0.29) is 11.4 Å². The van der Waals surface area contributed by atoms with Gasteiger partial charge < -0.3 is 10.4 Å². The van der Waals surface area contributed by atoms with Gasteiger partial charge in [0.1, 0.15) is 11.6 Å². The zero-order valence-corrected chi connectivity index (χ0v) is 13.6. The molecule has 4 rings (SSSR count). The second-order valence-corrected chi connectivity index (χ2v) is 5.79. The van der Waals surface area contributed by atoms with Gasteiger partial charge in [-0.05, 0) is 42.8 Å². The number of fused-ring (bicyclic) bond motifs is 1. The normalized spacial score (nSPS) is 11.0. The van der Waals surface area contributed by atoms with Gasteiger partial charge in [0.25, 0.3) is 5.91 Å². The molecular weight excluding hydrogens is 339 g/mol. The molecule has 130 valence electrons. The molecule has 0 bridgehead atoms. The zero-order valence-electron chi connectivity index (χ0n) is 13.6. The van der Waals surface area contributed by atoms with Crippen LogP contribution in [0.25, 0.3) is 16.6 Å². The third-order valence-electron chi connectivity index (χ3n) is 3.80. The Bertz CT molecular complexity index is 1110. The van der Waals surface area contributed by atoms with Crippen molar-refractivity contribution >= 4 is 22.6 Å². The first-order valence-corrected chi connectivity index (χ1v) is 7.68. The third-order valence-corrected chi connectivity index (χ3v) is 3.80. The van der Waals surface area contributed by atoms with Crippen molar-refractivity contribution in [2.75, 3.05) is 5.32 Å². The lowest BCUT2D eigenvalue weighted by molar-refractivity contribution is 0.102. The Kier molecular flexibility index (Phi) is 3.61. The molecule has 0 saturated carbocycles. The lowest BCUT2D eigenvalue weighted by Gasteiger charge is -2.02. The molecule has 2 aromatic heterocycles. The number of hydrogen-bond acceptors (Lipinski definition) is 5. The predicted octanol–water partition coefficient (Wildman–Crippen LogP) is 2.55. The second kappa shape index (κ2) is 5.96. The number of carbonyl (C=O) groups excluding carboxylic acids is 1. The Balaban J connectivity index is 1.60. The highest BCUT2D eigenvalue weighted by Gasteiger charge is 2.15. The first kappa shape index (κ1) is 15.8. The number of H-pyrrole nitrogens is 1. The Morgan fingerprint density at radius 3 is 2.92 bits per heavy atom. The van der Waals surface area contributed by atoms with E-state index in [1.807, 2.05) is 0 Å². The number of rotatable bonds is 3. The van der Waals surface area contributed by atoms with Crippen molar-refractivity contribution in [2.24, 2.45) is 0 Å². The van der Waals surface area contributed by atoms with E-state index < -0.39 is 11.7 Å². The molecule has 1 amide bonds. The highest BCUT2D eigenvalue weighted by atomic mass is 19.1. The molecule has 0 atom stereocenters. The van der Waals surface area contributed by atoms with Gasteiger partial charge in [0.05, 0.1) is 17.4 Å². The van der Waals surface area contributed by atoms with Crippen molar-refractivity contribution in [1.29, 1.82) is 0 Å². The van der Waals surface area contributed by atoms with Gasteiger partial charge in [-0.1, -0.05) is 5.21 Å². The number of aromatic amines is 1. The van der Waals surface area contributed by atoms with Crippen LogP contribution in [0.1, 0.15) is 16.1 Å². The van der Waals surface area contributed by atoms with Crippen LogP contribution in [0.5, 0.6) is 5.75 Å². The number of phenolic OH excluding ortho intramolecular Hbond substituents is 1. The van der Waals surface area contributed by atoms with Crippen molar-refractivity contribution in [3.8, 4) is 11.4 Å². The molecule has 9 heteroatoms. The SMILES string of the molecule is Cc1cc(F)cc(-n2cc(C(=O)Nc3n[nH]c4cc(O)ccc34)nn2)c1. The van der Waals surface area contributed by atoms with Gasteiger partial charge in [0, 0.05) is 11.5 Å². The first-order chi connectivity index (χ1) is 12.5. The fourth-order valence-electron chi connectivity index (χ4n) is 2.62. The Labute approximate surface area is 146 Å². The summed E-state index contributed by atoms with van der Waals surface area (Å²) in [6.07, 6.45) is 1.41. The molecule has 26 heavy (non-hydrogen) atoms. The minimum absolute atomic E-state index is 0.0573. The number of aromatic hydroxyl groups is 1. The third kappa shape index (κ3) is 2.86. The maximum absolute atomic E-state index is 13.5. The lowest BCUT2D eigenvalue weighted by Crippen LogP contribution is -2.13. The van der Waals surface area contributed by atoms with Crippen LogP contribution >= 0.6 is 0 Å². The topological polar surface area (TPSA) is 109 Å². The largest absolute Gasteiger partial charge is 0.508 e.